The van der Waals surface area contributed by atoms with Crippen LogP contribution in [0.15, 0.2) is 128 Å². The van der Waals surface area contributed by atoms with Crippen LogP contribution in [0.4, 0.5) is 0 Å². The second-order valence-corrected chi connectivity index (χ2v) is 15.7. The number of imidazole rings is 1. The second-order valence-electron chi connectivity index (χ2n) is 15.7. The molecule has 56 heavy (non-hydrogen) atoms. The molecule has 9 aromatic rings. The van der Waals surface area contributed by atoms with Gasteiger partial charge < -0.3 is 9.14 Å². The van der Waals surface area contributed by atoms with Gasteiger partial charge in [-0.25, -0.2) is 4.98 Å². The zero-order chi connectivity index (χ0) is 36.3. The third kappa shape index (κ3) is 5.86. The van der Waals surface area contributed by atoms with Crippen LogP contribution in [0.3, 0.4) is 0 Å². The van der Waals surface area contributed by atoms with Crippen molar-refractivity contribution >= 4 is 49.1 Å². The van der Waals surface area contributed by atoms with E-state index in [1.54, 1.807) is 0 Å². The summed E-state index contributed by atoms with van der Waals surface area (Å²) in [5, 5.41) is 5.65. The maximum atomic E-state index is 6.70. The van der Waals surface area contributed by atoms with E-state index in [1.165, 1.54) is 103 Å². The van der Waals surface area contributed by atoms with Gasteiger partial charge in [0.15, 0.2) is 0 Å². The van der Waals surface area contributed by atoms with Gasteiger partial charge in [-0.1, -0.05) is 122 Å². The molecule has 280 valence electrons. The first-order chi connectivity index (χ1) is 27.3. The molecule has 0 bridgehead atoms. The van der Waals surface area contributed by atoms with Gasteiger partial charge in [0, 0.05) is 67.1 Å². The Kier molecular flexibility index (Phi) is 9.22. The van der Waals surface area contributed by atoms with Gasteiger partial charge in [-0.15, -0.1) is 6.07 Å². The molecule has 0 aliphatic heterocycles. The van der Waals surface area contributed by atoms with Crippen LogP contribution < -0.4 is 4.74 Å². The maximum absolute atomic E-state index is 6.70. The zero-order valence-corrected chi connectivity index (χ0v) is 33.6. The largest absolute Gasteiger partial charge is 0.477 e. The predicted molar refractivity (Wildman–Crippen MR) is 225 cm³/mol. The molecule has 0 N–H and O–H groups in total. The second kappa shape index (κ2) is 14.7. The van der Waals surface area contributed by atoms with Crippen molar-refractivity contribution in [2.75, 3.05) is 0 Å². The summed E-state index contributed by atoms with van der Waals surface area (Å²) < 4.78 is 11.4. The fraction of sp³-hybridized carbons (Fsp3) is 0.240. The molecular formula is C50H43N4OPt-. The van der Waals surface area contributed by atoms with E-state index < -0.39 is 0 Å². The summed E-state index contributed by atoms with van der Waals surface area (Å²) in [7, 11) is 0. The molecule has 0 saturated heterocycles. The van der Waals surface area contributed by atoms with E-state index in [0.717, 1.165) is 44.4 Å². The van der Waals surface area contributed by atoms with E-state index in [-0.39, 0.29) is 21.1 Å². The van der Waals surface area contributed by atoms with Crippen LogP contribution in [0.25, 0.3) is 66.2 Å². The van der Waals surface area contributed by atoms with Gasteiger partial charge in [-0.2, -0.15) is 0 Å². The number of hydrogen-bond donors (Lipinski definition) is 0. The fourth-order valence-corrected chi connectivity index (χ4v) is 10.0. The summed E-state index contributed by atoms with van der Waals surface area (Å²) in [5.74, 6) is 3.47. The molecule has 6 heteroatoms. The van der Waals surface area contributed by atoms with Crippen LogP contribution >= 0.6 is 0 Å². The van der Waals surface area contributed by atoms with E-state index in [0.29, 0.717) is 17.6 Å². The third-order valence-electron chi connectivity index (χ3n) is 12.6. The van der Waals surface area contributed by atoms with Crippen LogP contribution in [0, 0.1) is 6.07 Å². The van der Waals surface area contributed by atoms with E-state index in [9.17, 15) is 0 Å². The van der Waals surface area contributed by atoms with E-state index in [1.807, 2.05) is 24.4 Å². The summed E-state index contributed by atoms with van der Waals surface area (Å²) in [4.78, 5) is 9.99. The minimum absolute atomic E-state index is 0. The normalized spacial score (nSPS) is 15.6. The van der Waals surface area contributed by atoms with Gasteiger partial charge in [-0.3, -0.25) is 9.55 Å². The van der Waals surface area contributed by atoms with Crippen molar-refractivity contribution in [3.05, 3.63) is 145 Å². The Hall–Kier alpha value is -5.25. The molecule has 2 aliphatic rings. The first kappa shape index (κ1) is 35.2. The van der Waals surface area contributed by atoms with Crippen molar-refractivity contribution in [2.24, 2.45) is 0 Å². The molecule has 0 atom stereocenters. The van der Waals surface area contributed by atoms with Crippen LogP contribution in [0.2, 0.25) is 0 Å². The topological polar surface area (TPSA) is 44.3 Å². The molecule has 5 nitrogen and oxygen atoms in total. The smallest absolute Gasteiger partial charge is 0.137 e. The van der Waals surface area contributed by atoms with Gasteiger partial charge in [0.25, 0.3) is 0 Å². The van der Waals surface area contributed by atoms with Gasteiger partial charge >= 0.3 is 0 Å². The standard InChI is InChI=1S/C50H43N4O.Pt/c1-3-14-33(15-4-1)37-20-13-21-38(34-16-5-2-6-17-34)49(37)47-32-52-50-43-30-35(25-27-39(43)40-18-7-10-23-45(40)54(47)50)55-36-26-28-42-41-19-8-9-22-44(41)53(46(42)31-36)48-24-11-12-29-51-48;/h7-13,18-29,31-34H,1-6,14-17H2;/q-1;. The Morgan fingerprint density at radius 1 is 0.571 bits per heavy atom. The van der Waals surface area contributed by atoms with Crippen molar-refractivity contribution in [1.82, 2.24) is 18.9 Å². The van der Waals surface area contributed by atoms with Crippen LogP contribution in [0.1, 0.15) is 87.2 Å². The first-order valence-corrected chi connectivity index (χ1v) is 20.3. The molecule has 11 rings (SSSR count). The van der Waals surface area contributed by atoms with E-state index in [2.05, 4.69) is 118 Å². The fourth-order valence-electron chi connectivity index (χ4n) is 10.0. The van der Waals surface area contributed by atoms with Gasteiger partial charge in [-0.05, 0) is 90.4 Å². The molecule has 0 unspecified atom stereocenters. The van der Waals surface area contributed by atoms with Gasteiger partial charge in [0.2, 0.25) is 0 Å². The number of pyridine rings is 2. The van der Waals surface area contributed by atoms with Crippen molar-refractivity contribution in [1.29, 1.82) is 0 Å². The zero-order valence-electron chi connectivity index (χ0n) is 31.4. The van der Waals surface area contributed by atoms with Crippen LogP contribution in [-0.2, 0) is 21.1 Å². The third-order valence-corrected chi connectivity index (χ3v) is 12.6. The molecule has 4 heterocycles. The minimum atomic E-state index is 0. The van der Waals surface area contributed by atoms with Crippen LogP contribution in [0.5, 0.6) is 11.5 Å². The summed E-state index contributed by atoms with van der Waals surface area (Å²) in [6, 6.07) is 44.9. The number of fused-ring (bicyclic) bond motifs is 9. The van der Waals surface area contributed by atoms with Crippen molar-refractivity contribution in [3.8, 4) is 28.6 Å². The number of ether oxygens (including phenoxy) is 1. The summed E-state index contributed by atoms with van der Waals surface area (Å²) in [5.41, 5.74) is 9.96. The molecule has 2 saturated carbocycles. The van der Waals surface area contributed by atoms with Gasteiger partial charge in [0.05, 0.1) is 22.4 Å². The van der Waals surface area contributed by atoms with Gasteiger partial charge in [0.1, 0.15) is 11.6 Å². The van der Waals surface area contributed by atoms with Crippen LogP contribution in [-0.4, -0.2) is 18.9 Å². The SMILES string of the molecule is [Pt].[c-]1c(Oc2ccc3c4ccccc4n(-c4ccccn4)c3c2)ccc2c1c1ncc(-c3c(C4CCCCC4)cccc3C3CCCCC3)n1c1ccccc21. The molecule has 0 spiro atoms. The predicted octanol–water partition coefficient (Wildman–Crippen LogP) is 13.5. The maximum Gasteiger partial charge on any atom is 0.137 e. The molecular weight excluding hydrogens is 868 g/mol. The monoisotopic (exact) mass is 910 g/mol. The number of aromatic nitrogens is 4. The Morgan fingerprint density at radius 3 is 1.93 bits per heavy atom. The minimum Gasteiger partial charge on any atom is -0.477 e. The van der Waals surface area contributed by atoms with E-state index >= 15 is 0 Å². The number of para-hydroxylation sites is 2. The van der Waals surface area contributed by atoms with Crippen molar-refractivity contribution in [2.45, 2.75) is 76.0 Å². The number of rotatable bonds is 6. The first-order valence-electron chi connectivity index (χ1n) is 20.3. The molecule has 2 aliphatic carbocycles. The Morgan fingerprint density at radius 2 is 1.21 bits per heavy atom. The summed E-state index contributed by atoms with van der Waals surface area (Å²) in [6.07, 6.45) is 17.0. The Labute approximate surface area is 341 Å². The van der Waals surface area contributed by atoms with Crippen molar-refractivity contribution in [3.63, 3.8) is 0 Å². The molecule has 4 aromatic heterocycles. The Bertz CT molecular complexity index is 2840. The molecule has 5 aromatic carbocycles. The average Bonchev–Trinajstić information content (AvgIpc) is 3.84. The molecule has 2 fully saturated rings. The number of nitrogens with zero attached hydrogens (tertiary/aromatic N) is 4. The van der Waals surface area contributed by atoms with Crippen molar-refractivity contribution < 1.29 is 25.8 Å². The Balaban J connectivity index is 0.00000384. The number of hydrogen-bond acceptors (Lipinski definition) is 3. The molecule has 0 radical (unpaired) electrons. The summed E-state index contributed by atoms with van der Waals surface area (Å²) in [6.45, 7) is 0. The van der Waals surface area contributed by atoms with E-state index in [4.69, 9.17) is 14.7 Å². The average molecular weight is 911 g/mol. The summed E-state index contributed by atoms with van der Waals surface area (Å²) >= 11 is 0. The number of benzene rings is 5. The molecule has 0 amide bonds. The quantitative estimate of drug-likeness (QED) is 0.123.